The van der Waals surface area contributed by atoms with Gasteiger partial charge >= 0.3 is 0 Å². The maximum absolute atomic E-state index is 5.48. The van der Waals surface area contributed by atoms with E-state index in [-0.39, 0.29) is 0 Å². The number of nitrogens with one attached hydrogen (secondary N) is 1. The zero-order valence-corrected chi connectivity index (χ0v) is 13.6. The van der Waals surface area contributed by atoms with E-state index < -0.39 is 0 Å². The summed E-state index contributed by atoms with van der Waals surface area (Å²) in [5.41, 5.74) is 2.66. The second kappa shape index (κ2) is 6.83. The van der Waals surface area contributed by atoms with Crippen LogP contribution < -0.4 is 10.2 Å². The van der Waals surface area contributed by atoms with E-state index in [0.717, 1.165) is 37.1 Å². The van der Waals surface area contributed by atoms with E-state index >= 15 is 0 Å². The number of anilines is 1. The van der Waals surface area contributed by atoms with E-state index in [1.165, 1.54) is 11.3 Å². The van der Waals surface area contributed by atoms with E-state index in [4.69, 9.17) is 16.6 Å². The van der Waals surface area contributed by atoms with Crippen LogP contribution in [0.25, 0.3) is 0 Å². The highest BCUT2D eigenvalue weighted by Crippen LogP contribution is 2.20. The van der Waals surface area contributed by atoms with Gasteiger partial charge in [0.25, 0.3) is 0 Å². The highest BCUT2D eigenvalue weighted by molar-refractivity contribution is 7.80. The minimum absolute atomic E-state index is 0.643. The van der Waals surface area contributed by atoms with Crippen LogP contribution in [-0.4, -0.2) is 36.2 Å². The average Bonchev–Trinajstić information content (AvgIpc) is 3.07. The molecule has 0 bridgehead atoms. The highest BCUT2D eigenvalue weighted by atomic mass is 32.1. The number of hydrogen-bond acceptors (Lipinski definition) is 3. The Kier molecular flexibility index (Phi) is 4.63. The Bertz CT molecular complexity index is 619. The summed E-state index contributed by atoms with van der Waals surface area (Å²) in [5, 5.41) is 4.07. The summed E-state index contributed by atoms with van der Waals surface area (Å²) in [6.07, 6.45) is 1.68. The highest BCUT2D eigenvalue weighted by Gasteiger charge is 2.19. The van der Waals surface area contributed by atoms with Crippen LogP contribution in [0.1, 0.15) is 11.3 Å². The van der Waals surface area contributed by atoms with Gasteiger partial charge in [-0.2, -0.15) is 0 Å². The van der Waals surface area contributed by atoms with Crippen LogP contribution in [0.4, 0.5) is 5.69 Å². The van der Waals surface area contributed by atoms with E-state index in [9.17, 15) is 0 Å². The number of hydrogen-bond donors (Lipinski definition) is 1. The van der Waals surface area contributed by atoms with Crippen molar-refractivity contribution in [3.05, 3.63) is 54.0 Å². The fourth-order valence-corrected chi connectivity index (χ4v) is 3.01. The van der Waals surface area contributed by atoms with Gasteiger partial charge in [0.15, 0.2) is 5.11 Å². The Hall–Kier alpha value is -2.01. The summed E-state index contributed by atoms with van der Waals surface area (Å²) in [6.45, 7) is 6.68. The molecule has 0 radical (unpaired) electrons. The van der Waals surface area contributed by atoms with Crippen molar-refractivity contribution < 1.29 is 4.42 Å². The standard InChI is InChI=1S/C17H21N3OS/c1-14-5-2-3-7-16(14)19-8-10-20(11-9-19)17(22)18-13-15-6-4-12-21-15/h2-7,12H,8-11,13H2,1H3,(H,18,22). The first-order valence-electron chi connectivity index (χ1n) is 7.60. The molecule has 3 rings (SSSR count). The number of nitrogens with zero attached hydrogens (tertiary/aromatic N) is 2. The third kappa shape index (κ3) is 3.42. The van der Waals surface area contributed by atoms with Crippen molar-refractivity contribution in [2.75, 3.05) is 31.1 Å². The van der Waals surface area contributed by atoms with Gasteiger partial charge in [-0.3, -0.25) is 0 Å². The number of aryl methyl sites for hydroxylation is 1. The first-order valence-corrected chi connectivity index (χ1v) is 8.00. The largest absolute Gasteiger partial charge is 0.467 e. The Morgan fingerprint density at radius 1 is 1.14 bits per heavy atom. The number of thiocarbonyl (C=S) groups is 1. The van der Waals surface area contributed by atoms with Crippen LogP contribution in [0.15, 0.2) is 47.1 Å². The topological polar surface area (TPSA) is 31.6 Å². The molecule has 116 valence electrons. The van der Waals surface area contributed by atoms with Crippen LogP contribution in [0, 0.1) is 6.92 Å². The molecule has 0 unspecified atom stereocenters. The van der Waals surface area contributed by atoms with Crippen molar-refractivity contribution in [1.82, 2.24) is 10.2 Å². The second-order valence-corrected chi connectivity index (χ2v) is 5.89. The van der Waals surface area contributed by atoms with Gasteiger partial charge in [-0.15, -0.1) is 0 Å². The molecule has 0 saturated carbocycles. The Morgan fingerprint density at radius 2 is 1.91 bits per heavy atom. The van der Waals surface area contributed by atoms with Gasteiger partial charge in [-0.1, -0.05) is 18.2 Å². The van der Waals surface area contributed by atoms with Crippen LogP contribution in [-0.2, 0) is 6.54 Å². The first kappa shape index (κ1) is 14.9. The van der Waals surface area contributed by atoms with Crippen molar-refractivity contribution in [1.29, 1.82) is 0 Å². The molecule has 2 aromatic rings. The molecule has 1 saturated heterocycles. The molecular formula is C17H21N3OS. The smallest absolute Gasteiger partial charge is 0.169 e. The van der Waals surface area contributed by atoms with E-state index in [1.807, 2.05) is 12.1 Å². The zero-order chi connectivity index (χ0) is 15.4. The quantitative estimate of drug-likeness (QED) is 0.881. The van der Waals surface area contributed by atoms with Crippen molar-refractivity contribution >= 4 is 23.0 Å². The molecule has 0 aliphatic carbocycles. The number of para-hydroxylation sites is 1. The summed E-state index contributed by atoms with van der Waals surface area (Å²) >= 11 is 5.48. The molecule has 1 aliphatic heterocycles. The second-order valence-electron chi connectivity index (χ2n) is 5.50. The Morgan fingerprint density at radius 3 is 2.59 bits per heavy atom. The van der Waals surface area contributed by atoms with Gasteiger partial charge in [0.05, 0.1) is 12.8 Å². The minimum atomic E-state index is 0.643. The van der Waals surface area contributed by atoms with Crippen LogP contribution in [0.2, 0.25) is 0 Å². The van der Waals surface area contributed by atoms with Gasteiger partial charge in [0, 0.05) is 31.9 Å². The van der Waals surface area contributed by atoms with E-state index in [2.05, 4.69) is 46.3 Å². The van der Waals surface area contributed by atoms with Crippen molar-refractivity contribution in [3.63, 3.8) is 0 Å². The normalized spacial score (nSPS) is 15.0. The molecule has 0 amide bonds. The molecule has 1 aromatic carbocycles. The predicted octanol–water partition coefficient (Wildman–Crippen LogP) is 2.78. The monoisotopic (exact) mass is 315 g/mol. The molecule has 22 heavy (non-hydrogen) atoms. The minimum Gasteiger partial charge on any atom is -0.467 e. The maximum atomic E-state index is 5.48. The molecular weight excluding hydrogens is 294 g/mol. The maximum Gasteiger partial charge on any atom is 0.169 e. The summed E-state index contributed by atoms with van der Waals surface area (Å²) in [6, 6.07) is 12.4. The predicted molar refractivity (Wildman–Crippen MR) is 93.1 cm³/mol. The Balaban J connectivity index is 1.51. The van der Waals surface area contributed by atoms with Gasteiger partial charge in [0.1, 0.15) is 5.76 Å². The van der Waals surface area contributed by atoms with Crippen LogP contribution in [0.5, 0.6) is 0 Å². The van der Waals surface area contributed by atoms with Crippen molar-refractivity contribution in [3.8, 4) is 0 Å². The lowest BCUT2D eigenvalue weighted by molar-refractivity contribution is 0.377. The lowest BCUT2D eigenvalue weighted by Gasteiger charge is -2.38. The van der Waals surface area contributed by atoms with E-state index in [1.54, 1.807) is 6.26 Å². The molecule has 1 fully saturated rings. The molecule has 0 atom stereocenters. The third-order valence-corrected chi connectivity index (χ3v) is 4.42. The summed E-state index contributed by atoms with van der Waals surface area (Å²) in [7, 11) is 0. The summed E-state index contributed by atoms with van der Waals surface area (Å²) in [5.74, 6) is 0.904. The SMILES string of the molecule is Cc1ccccc1N1CCN(C(=S)NCc2ccco2)CC1. The number of benzene rings is 1. The molecule has 2 heterocycles. The third-order valence-electron chi connectivity index (χ3n) is 4.02. The average molecular weight is 315 g/mol. The lowest BCUT2D eigenvalue weighted by Crippen LogP contribution is -2.51. The lowest BCUT2D eigenvalue weighted by atomic mass is 10.1. The van der Waals surface area contributed by atoms with E-state index in [0.29, 0.717) is 6.54 Å². The molecule has 1 aromatic heterocycles. The molecule has 1 aliphatic rings. The number of piperazine rings is 1. The number of furan rings is 1. The molecule has 1 N–H and O–H groups in total. The summed E-state index contributed by atoms with van der Waals surface area (Å²) < 4.78 is 5.31. The van der Waals surface area contributed by atoms with Crippen LogP contribution >= 0.6 is 12.2 Å². The molecule has 5 heteroatoms. The zero-order valence-electron chi connectivity index (χ0n) is 12.8. The fraction of sp³-hybridized carbons (Fsp3) is 0.353. The van der Waals surface area contributed by atoms with Crippen molar-refractivity contribution in [2.45, 2.75) is 13.5 Å². The van der Waals surface area contributed by atoms with Gasteiger partial charge < -0.3 is 19.5 Å². The van der Waals surface area contributed by atoms with Crippen LogP contribution in [0.3, 0.4) is 0 Å². The van der Waals surface area contributed by atoms with Gasteiger partial charge in [0.2, 0.25) is 0 Å². The Labute approximate surface area is 136 Å². The molecule has 0 spiro atoms. The molecule has 4 nitrogen and oxygen atoms in total. The fourth-order valence-electron chi connectivity index (χ4n) is 2.76. The summed E-state index contributed by atoms with van der Waals surface area (Å²) in [4.78, 5) is 4.66. The number of rotatable bonds is 3. The van der Waals surface area contributed by atoms with Gasteiger partial charge in [-0.05, 0) is 42.9 Å². The first-order chi connectivity index (χ1) is 10.7. The van der Waals surface area contributed by atoms with Crippen molar-refractivity contribution in [2.24, 2.45) is 0 Å². The van der Waals surface area contributed by atoms with Gasteiger partial charge in [-0.25, -0.2) is 0 Å².